The fourth-order valence-corrected chi connectivity index (χ4v) is 4.21. The maximum atomic E-state index is 13.0. The number of carbonyl (C=O) groups excluding carboxylic acids is 3. The molecule has 14 nitrogen and oxygen atoms in total. The summed E-state index contributed by atoms with van der Waals surface area (Å²) in [6.07, 6.45) is -4.36. The van der Waals surface area contributed by atoms with Crippen molar-refractivity contribution in [3.63, 3.8) is 0 Å². The van der Waals surface area contributed by atoms with Crippen LogP contribution in [0.2, 0.25) is 0 Å². The number of benzene rings is 1. The molecule has 1 fully saturated rings. The third-order valence-electron chi connectivity index (χ3n) is 6.47. The number of rotatable bonds is 13. The molecular weight excluding hydrogens is 530 g/mol. The van der Waals surface area contributed by atoms with Crippen molar-refractivity contribution in [2.45, 2.75) is 56.0 Å². The number of methoxy groups -OCH3 is 3. The fourth-order valence-electron chi connectivity index (χ4n) is 4.21. The summed E-state index contributed by atoms with van der Waals surface area (Å²) in [6.45, 7) is -0.602. The maximum Gasteiger partial charge on any atom is 0.351 e. The first-order valence-corrected chi connectivity index (χ1v) is 12.4. The lowest BCUT2D eigenvalue weighted by atomic mass is 10.0. The van der Waals surface area contributed by atoms with Crippen LogP contribution in [-0.2, 0) is 33.3 Å². The van der Waals surface area contributed by atoms with Crippen molar-refractivity contribution in [3.8, 4) is 0 Å². The first-order chi connectivity index (χ1) is 19.2. The number of carbonyl (C=O) groups is 3. The van der Waals surface area contributed by atoms with Gasteiger partial charge in [0.05, 0.1) is 33.7 Å². The average Bonchev–Trinajstić information content (AvgIpc) is 3.28. The van der Waals surface area contributed by atoms with Gasteiger partial charge < -0.3 is 39.2 Å². The number of aliphatic hydroxyl groups excluding tert-OH is 2. The number of hydrogen-bond donors (Lipinski definition) is 3. The molecule has 0 unspecified atom stereocenters. The lowest BCUT2D eigenvalue weighted by Gasteiger charge is -2.37. The predicted molar refractivity (Wildman–Crippen MR) is 137 cm³/mol. The van der Waals surface area contributed by atoms with E-state index in [4.69, 9.17) is 23.7 Å². The number of nitrogens with zero attached hydrogens (tertiary/aromatic N) is 2. The van der Waals surface area contributed by atoms with Crippen LogP contribution < -0.4 is 11.0 Å². The maximum absolute atomic E-state index is 13.0. The Morgan fingerprint density at radius 3 is 2.20 bits per heavy atom. The van der Waals surface area contributed by atoms with Crippen LogP contribution in [0.3, 0.4) is 0 Å². The molecule has 0 bridgehead atoms. The number of ether oxygens (including phenoxy) is 5. The molecule has 14 heteroatoms. The minimum Gasteiger partial charge on any atom is -0.469 e. The quantitative estimate of drug-likeness (QED) is 0.225. The molecule has 0 aliphatic carbocycles. The van der Waals surface area contributed by atoms with E-state index in [-0.39, 0.29) is 31.5 Å². The van der Waals surface area contributed by atoms with E-state index < -0.39 is 60.5 Å². The number of anilines is 1. The van der Waals surface area contributed by atoms with Crippen molar-refractivity contribution in [2.24, 2.45) is 0 Å². The molecule has 1 aliphatic heterocycles. The molecule has 1 aromatic carbocycles. The third-order valence-corrected chi connectivity index (χ3v) is 6.47. The van der Waals surface area contributed by atoms with Crippen molar-refractivity contribution in [1.82, 2.24) is 9.55 Å². The van der Waals surface area contributed by atoms with Crippen molar-refractivity contribution in [2.75, 3.05) is 33.3 Å². The summed E-state index contributed by atoms with van der Waals surface area (Å²) in [5.74, 6) is -3.23. The van der Waals surface area contributed by atoms with E-state index in [9.17, 15) is 29.4 Å². The summed E-state index contributed by atoms with van der Waals surface area (Å²) in [4.78, 5) is 53.1. The van der Waals surface area contributed by atoms with Gasteiger partial charge in [0.15, 0.2) is 12.0 Å². The third kappa shape index (κ3) is 7.49. The average molecular weight is 564 g/mol. The second kappa shape index (κ2) is 14.1. The first-order valence-electron chi connectivity index (χ1n) is 12.4. The second-order valence-corrected chi connectivity index (χ2v) is 8.91. The molecule has 0 saturated carbocycles. The van der Waals surface area contributed by atoms with E-state index in [1.807, 2.05) is 0 Å². The van der Waals surface area contributed by atoms with Gasteiger partial charge in [-0.3, -0.25) is 19.0 Å². The second-order valence-electron chi connectivity index (χ2n) is 8.91. The van der Waals surface area contributed by atoms with Crippen molar-refractivity contribution < 1.29 is 48.3 Å². The highest BCUT2D eigenvalue weighted by atomic mass is 16.7. The summed E-state index contributed by atoms with van der Waals surface area (Å²) in [5.41, 5.74) is -0.479. The van der Waals surface area contributed by atoms with Gasteiger partial charge >= 0.3 is 17.6 Å². The van der Waals surface area contributed by atoms with Crippen LogP contribution in [-0.4, -0.2) is 89.6 Å². The number of esters is 2. The zero-order chi connectivity index (χ0) is 29.3. The van der Waals surface area contributed by atoms with Gasteiger partial charge in [-0.25, -0.2) is 4.79 Å². The molecule has 0 radical (unpaired) electrons. The Morgan fingerprint density at radius 2 is 1.68 bits per heavy atom. The number of amides is 1. The number of aromatic nitrogens is 2. The molecule has 4 atom stereocenters. The topological polar surface area (TPSA) is 185 Å². The summed E-state index contributed by atoms with van der Waals surface area (Å²) in [5, 5.41) is 23.2. The molecule has 0 spiro atoms. The molecule has 40 heavy (non-hydrogen) atoms. The van der Waals surface area contributed by atoms with Gasteiger partial charge in [0, 0.05) is 31.7 Å². The highest BCUT2D eigenvalue weighted by Crippen LogP contribution is 2.37. The molecule has 3 N–H and O–H groups in total. The number of nitrogens with one attached hydrogen (secondary N) is 1. The molecular formula is C26H33N3O11. The van der Waals surface area contributed by atoms with Gasteiger partial charge in [0.25, 0.3) is 5.91 Å². The molecule has 3 rings (SSSR count). The Bertz CT molecular complexity index is 1200. The smallest absolute Gasteiger partial charge is 0.351 e. The van der Waals surface area contributed by atoms with E-state index in [0.29, 0.717) is 5.56 Å². The SMILES string of the molecule is COC(=O)CCC(CCC(=O)OC)(OC)O[C@@H]1[C@H](O)[C@@H](CO)O[C@H]1n1ccc(NC(=O)c2ccccc2)nc1=O. The van der Waals surface area contributed by atoms with Crippen LogP contribution in [0.1, 0.15) is 42.3 Å². The van der Waals surface area contributed by atoms with Gasteiger partial charge in [-0.05, 0) is 18.2 Å². The minimum atomic E-state index is -1.61. The Balaban J connectivity index is 1.89. The van der Waals surface area contributed by atoms with Gasteiger partial charge in [-0.15, -0.1) is 0 Å². The van der Waals surface area contributed by atoms with Gasteiger partial charge in [0.2, 0.25) is 0 Å². The van der Waals surface area contributed by atoms with E-state index in [0.717, 1.165) is 4.57 Å². The molecule has 1 saturated heterocycles. The summed E-state index contributed by atoms with van der Waals surface area (Å²) >= 11 is 0. The summed E-state index contributed by atoms with van der Waals surface area (Å²) in [6, 6.07) is 9.70. The minimum absolute atomic E-state index is 0.0211. The monoisotopic (exact) mass is 563 g/mol. The van der Waals surface area contributed by atoms with Crippen LogP contribution in [0.4, 0.5) is 5.82 Å². The van der Waals surface area contributed by atoms with Crippen molar-refractivity contribution in [3.05, 3.63) is 58.6 Å². The number of aliphatic hydroxyl groups is 2. The Hall–Kier alpha value is -3.69. The van der Waals surface area contributed by atoms with E-state index in [1.165, 1.54) is 33.6 Å². The van der Waals surface area contributed by atoms with E-state index >= 15 is 0 Å². The van der Waals surface area contributed by atoms with Crippen LogP contribution in [0.15, 0.2) is 47.4 Å². The fraction of sp³-hybridized carbons (Fsp3) is 0.500. The molecule has 1 aromatic heterocycles. The lowest BCUT2D eigenvalue weighted by Crippen LogP contribution is -2.47. The molecule has 2 aromatic rings. The summed E-state index contributed by atoms with van der Waals surface area (Å²) < 4.78 is 28.0. The number of hydrogen-bond acceptors (Lipinski definition) is 12. The molecule has 1 amide bonds. The van der Waals surface area contributed by atoms with E-state index in [1.54, 1.807) is 30.3 Å². The molecule has 218 valence electrons. The summed E-state index contributed by atoms with van der Waals surface area (Å²) in [7, 11) is 3.73. The Labute approximate surface area is 229 Å². The van der Waals surface area contributed by atoms with Gasteiger partial charge in [-0.2, -0.15) is 4.98 Å². The normalized spacial score (nSPS) is 20.6. The molecule has 2 heterocycles. The highest BCUT2D eigenvalue weighted by molar-refractivity contribution is 6.03. The van der Waals surface area contributed by atoms with Crippen LogP contribution in [0.5, 0.6) is 0 Å². The van der Waals surface area contributed by atoms with Crippen molar-refractivity contribution in [1.29, 1.82) is 0 Å². The van der Waals surface area contributed by atoms with Crippen LogP contribution in [0.25, 0.3) is 0 Å². The lowest BCUT2D eigenvalue weighted by molar-refractivity contribution is -0.275. The van der Waals surface area contributed by atoms with Crippen LogP contribution in [0, 0.1) is 0 Å². The Morgan fingerprint density at radius 1 is 1.05 bits per heavy atom. The highest BCUT2D eigenvalue weighted by Gasteiger charge is 2.50. The van der Waals surface area contributed by atoms with Crippen LogP contribution >= 0.6 is 0 Å². The zero-order valence-corrected chi connectivity index (χ0v) is 22.3. The van der Waals surface area contributed by atoms with E-state index in [2.05, 4.69) is 10.3 Å². The largest absolute Gasteiger partial charge is 0.469 e. The molecule has 1 aliphatic rings. The predicted octanol–water partition coefficient (Wildman–Crippen LogP) is 0.381. The van der Waals surface area contributed by atoms with Crippen molar-refractivity contribution >= 4 is 23.7 Å². The Kier molecular flexibility index (Phi) is 10.9. The van der Waals surface area contributed by atoms with Gasteiger partial charge in [-0.1, -0.05) is 18.2 Å². The zero-order valence-electron chi connectivity index (χ0n) is 22.3. The first kappa shape index (κ1) is 30.8. The standard InChI is InChI=1S/C26H33N3O11/c1-36-19(31)9-12-26(38-3,13-10-20(32)37-2)40-22-21(33)17(15-30)39-24(22)29-14-11-18(28-25(29)35)27-23(34)16-7-5-4-6-8-16/h4-8,11,14,17,21-22,24,30,33H,9-10,12-13,15H2,1-3H3,(H,27,28,34,35)/t17-,21-,22-,24-/m1/s1. The van der Waals surface area contributed by atoms with Gasteiger partial charge in [0.1, 0.15) is 24.1 Å².